The van der Waals surface area contributed by atoms with Crippen LogP contribution in [0.4, 0.5) is 0 Å². The second-order valence-electron chi connectivity index (χ2n) is 6.25. The number of rotatable bonds is 7. The van der Waals surface area contributed by atoms with Crippen molar-refractivity contribution in [3.05, 3.63) is 0 Å². The van der Waals surface area contributed by atoms with Gasteiger partial charge in [0.2, 0.25) is 0 Å². The van der Waals surface area contributed by atoms with Gasteiger partial charge in [0.05, 0.1) is 5.60 Å². The maximum Gasteiger partial charge on any atom is 0.0598 e. The highest BCUT2D eigenvalue weighted by molar-refractivity contribution is 5.00. The van der Waals surface area contributed by atoms with Crippen LogP contribution in [0.2, 0.25) is 0 Å². The average molecular weight is 227 g/mol. The van der Waals surface area contributed by atoms with Crippen molar-refractivity contribution in [3.63, 3.8) is 0 Å². The normalized spacial score (nSPS) is 20.8. The summed E-state index contributed by atoms with van der Waals surface area (Å²) in [6.07, 6.45) is 5.18. The molecule has 1 aliphatic rings. The lowest BCUT2D eigenvalue weighted by molar-refractivity contribution is -0.0127. The van der Waals surface area contributed by atoms with Gasteiger partial charge in [-0.05, 0) is 65.3 Å². The standard InChI is InChI=1S/C14H29NO/c1-6-10-15-12(2)14(7-8-14)9-11-16-13(3,4)5/h12,15H,6-11H2,1-5H3. The molecule has 1 saturated carbocycles. The quantitative estimate of drug-likeness (QED) is 0.720. The van der Waals surface area contributed by atoms with Gasteiger partial charge < -0.3 is 10.1 Å². The van der Waals surface area contributed by atoms with E-state index in [-0.39, 0.29) is 5.60 Å². The Bertz CT molecular complexity index is 203. The molecule has 2 nitrogen and oxygen atoms in total. The van der Waals surface area contributed by atoms with Crippen molar-refractivity contribution >= 4 is 0 Å². The average Bonchev–Trinajstić information content (AvgIpc) is 2.93. The summed E-state index contributed by atoms with van der Waals surface area (Å²) < 4.78 is 5.83. The van der Waals surface area contributed by atoms with E-state index < -0.39 is 0 Å². The van der Waals surface area contributed by atoms with E-state index >= 15 is 0 Å². The van der Waals surface area contributed by atoms with Crippen LogP contribution in [0.15, 0.2) is 0 Å². The van der Waals surface area contributed by atoms with Gasteiger partial charge >= 0.3 is 0 Å². The van der Waals surface area contributed by atoms with Gasteiger partial charge in [-0.2, -0.15) is 0 Å². The van der Waals surface area contributed by atoms with Gasteiger partial charge in [-0.1, -0.05) is 6.92 Å². The summed E-state index contributed by atoms with van der Waals surface area (Å²) in [6, 6.07) is 0.649. The lowest BCUT2D eigenvalue weighted by atomic mass is 9.94. The molecule has 1 unspecified atom stereocenters. The molecule has 0 spiro atoms. The van der Waals surface area contributed by atoms with Gasteiger partial charge in [0.25, 0.3) is 0 Å². The highest BCUT2D eigenvalue weighted by Gasteiger charge is 2.46. The van der Waals surface area contributed by atoms with Crippen LogP contribution in [-0.4, -0.2) is 24.8 Å². The first kappa shape index (κ1) is 14.0. The molecule has 1 atom stereocenters. The molecule has 1 fully saturated rings. The minimum Gasteiger partial charge on any atom is -0.376 e. The highest BCUT2D eigenvalue weighted by atomic mass is 16.5. The first-order valence-corrected chi connectivity index (χ1v) is 6.77. The Morgan fingerprint density at radius 3 is 2.38 bits per heavy atom. The molecular weight excluding hydrogens is 198 g/mol. The van der Waals surface area contributed by atoms with Crippen molar-refractivity contribution < 1.29 is 4.74 Å². The predicted molar refractivity (Wildman–Crippen MR) is 69.7 cm³/mol. The molecule has 0 aliphatic heterocycles. The zero-order valence-electron chi connectivity index (χ0n) is 11.7. The third kappa shape index (κ3) is 4.42. The van der Waals surface area contributed by atoms with Crippen LogP contribution in [-0.2, 0) is 4.74 Å². The lowest BCUT2D eigenvalue weighted by Gasteiger charge is -2.27. The summed E-state index contributed by atoms with van der Waals surface area (Å²) >= 11 is 0. The number of nitrogens with one attached hydrogen (secondary N) is 1. The fraction of sp³-hybridized carbons (Fsp3) is 1.00. The Morgan fingerprint density at radius 1 is 1.31 bits per heavy atom. The van der Waals surface area contributed by atoms with Crippen LogP contribution in [0.25, 0.3) is 0 Å². The first-order chi connectivity index (χ1) is 7.40. The molecule has 0 radical (unpaired) electrons. The van der Waals surface area contributed by atoms with Gasteiger partial charge in [-0.15, -0.1) is 0 Å². The molecule has 1 N–H and O–H groups in total. The molecule has 0 heterocycles. The third-order valence-electron chi connectivity index (χ3n) is 3.65. The van der Waals surface area contributed by atoms with E-state index in [0.717, 1.165) is 13.2 Å². The van der Waals surface area contributed by atoms with Crippen molar-refractivity contribution in [2.24, 2.45) is 5.41 Å². The summed E-state index contributed by atoms with van der Waals surface area (Å²) in [5.74, 6) is 0. The van der Waals surface area contributed by atoms with E-state index in [4.69, 9.17) is 4.74 Å². The topological polar surface area (TPSA) is 21.3 Å². The third-order valence-corrected chi connectivity index (χ3v) is 3.65. The summed E-state index contributed by atoms with van der Waals surface area (Å²) in [5, 5.41) is 3.63. The molecule has 0 aromatic rings. The zero-order chi connectivity index (χ0) is 12.2. The van der Waals surface area contributed by atoms with Gasteiger partial charge in [0.1, 0.15) is 0 Å². The molecule has 1 rings (SSSR count). The van der Waals surface area contributed by atoms with E-state index in [1.165, 1.54) is 25.7 Å². The minimum absolute atomic E-state index is 0.0101. The van der Waals surface area contributed by atoms with E-state index in [0.29, 0.717) is 11.5 Å². The smallest absolute Gasteiger partial charge is 0.0598 e. The molecule has 0 amide bonds. The van der Waals surface area contributed by atoms with Crippen molar-refractivity contribution in [1.82, 2.24) is 5.32 Å². The summed E-state index contributed by atoms with van der Waals surface area (Å²) in [5.41, 5.74) is 0.552. The molecule has 16 heavy (non-hydrogen) atoms. The van der Waals surface area contributed by atoms with Gasteiger partial charge in [0, 0.05) is 12.6 Å². The second kappa shape index (κ2) is 5.50. The van der Waals surface area contributed by atoms with Gasteiger partial charge in [-0.3, -0.25) is 0 Å². The number of hydrogen-bond acceptors (Lipinski definition) is 2. The maximum absolute atomic E-state index is 5.83. The molecule has 0 bridgehead atoms. The van der Waals surface area contributed by atoms with Crippen LogP contribution in [0.1, 0.15) is 60.3 Å². The Morgan fingerprint density at radius 2 is 1.94 bits per heavy atom. The van der Waals surface area contributed by atoms with Crippen LogP contribution in [0.5, 0.6) is 0 Å². The van der Waals surface area contributed by atoms with Gasteiger partial charge in [0.15, 0.2) is 0 Å². The molecule has 96 valence electrons. The highest BCUT2D eigenvalue weighted by Crippen LogP contribution is 2.51. The van der Waals surface area contributed by atoms with E-state index in [2.05, 4.69) is 39.9 Å². The van der Waals surface area contributed by atoms with Crippen molar-refractivity contribution in [2.75, 3.05) is 13.2 Å². The van der Waals surface area contributed by atoms with Crippen molar-refractivity contribution in [1.29, 1.82) is 0 Å². The van der Waals surface area contributed by atoms with Crippen LogP contribution in [0.3, 0.4) is 0 Å². The van der Waals surface area contributed by atoms with E-state index in [9.17, 15) is 0 Å². The van der Waals surface area contributed by atoms with E-state index in [1.54, 1.807) is 0 Å². The zero-order valence-corrected chi connectivity index (χ0v) is 11.7. The van der Waals surface area contributed by atoms with Gasteiger partial charge in [-0.25, -0.2) is 0 Å². The second-order valence-corrected chi connectivity index (χ2v) is 6.25. The lowest BCUT2D eigenvalue weighted by Crippen LogP contribution is -2.36. The minimum atomic E-state index is 0.0101. The SMILES string of the molecule is CCCNC(C)C1(CCOC(C)(C)C)CC1. The summed E-state index contributed by atoms with van der Waals surface area (Å²) in [7, 11) is 0. The number of ether oxygens (including phenoxy) is 1. The van der Waals surface area contributed by atoms with Crippen molar-refractivity contribution in [3.8, 4) is 0 Å². The monoisotopic (exact) mass is 227 g/mol. The Labute approximate surface area is 101 Å². The number of hydrogen-bond donors (Lipinski definition) is 1. The van der Waals surface area contributed by atoms with Crippen LogP contribution < -0.4 is 5.32 Å². The summed E-state index contributed by atoms with van der Waals surface area (Å²) in [4.78, 5) is 0. The fourth-order valence-corrected chi connectivity index (χ4v) is 2.20. The van der Waals surface area contributed by atoms with Crippen LogP contribution in [0, 0.1) is 5.41 Å². The van der Waals surface area contributed by atoms with Crippen molar-refractivity contribution in [2.45, 2.75) is 71.9 Å². The van der Waals surface area contributed by atoms with E-state index in [1.807, 2.05) is 0 Å². The molecule has 2 heteroatoms. The molecule has 0 aromatic heterocycles. The largest absolute Gasteiger partial charge is 0.376 e. The van der Waals surface area contributed by atoms with Crippen LogP contribution >= 0.6 is 0 Å². The molecular formula is C14H29NO. The first-order valence-electron chi connectivity index (χ1n) is 6.77. The maximum atomic E-state index is 5.83. The molecule has 0 saturated heterocycles. The Kier molecular flexibility index (Phi) is 4.81. The summed E-state index contributed by atoms with van der Waals surface area (Å²) in [6.45, 7) is 13.0. The Balaban J connectivity index is 2.24. The Hall–Kier alpha value is -0.0800. The molecule has 0 aromatic carbocycles. The molecule has 1 aliphatic carbocycles. The fourth-order valence-electron chi connectivity index (χ4n) is 2.20. The predicted octanol–water partition coefficient (Wildman–Crippen LogP) is 3.36.